The Bertz CT molecular complexity index is 540. The first kappa shape index (κ1) is 14.7. The molecule has 7 nitrogen and oxygen atoms in total. The van der Waals surface area contributed by atoms with Crippen LogP contribution in [-0.4, -0.2) is 41.9 Å². The van der Waals surface area contributed by atoms with Crippen molar-refractivity contribution in [1.82, 2.24) is 20.4 Å². The van der Waals surface area contributed by atoms with Crippen LogP contribution < -0.4 is 10.1 Å². The van der Waals surface area contributed by atoms with Crippen molar-refractivity contribution in [3.8, 4) is 17.3 Å². The van der Waals surface area contributed by atoms with Gasteiger partial charge in [0.05, 0.1) is 13.7 Å². The number of hydrogen-bond donors (Lipinski definition) is 1. The summed E-state index contributed by atoms with van der Waals surface area (Å²) in [6, 6.07) is 3.59. The number of methoxy groups -OCH3 is 1. The Morgan fingerprint density at radius 2 is 2.30 bits per heavy atom. The molecular weight excluding hydrogens is 284 g/mol. The predicted molar refractivity (Wildman–Crippen MR) is 72.9 cm³/mol. The molecule has 0 bridgehead atoms. The van der Waals surface area contributed by atoms with Crippen LogP contribution in [0.15, 0.2) is 22.9 Å². The van der Waals surface area contributed by atoms with Crippen LogP contribution in [-0.2, 0) is 4.74 Å². The van der Waals surface area contributed by atoms with E-state index in [0.29, 0.717) is 30.7 Å². The van der Waals surface area contributed by atoms with Crippen molar-refractivity contribution in [3.63, 3.8) is 0 Å². The van der Waals surface area contributed by atoms with Gasteiger partial charge < -0.3 is 19.3 Å². The maximum atomic E-state index is 5.56. The topological polar surface area (TPSA) is 82.3 Å². The zero-order valence-electron chi connectivity index (χ0n) is 10.9. The predicted octanol–water partition coefficient (Wildman–Crippen LogP) is 1.22. The summed E-state index contributed by atoms with van der Waals surface area (Å²) in [5.41, 5.74) is 0.777. The van der Waals surface area contributed by atoms with Gasteiger partial charge in [-0.2, -0.15) is 4.98 Å². The first-order valence-electron chi connectivity index (χ1n) is 6.03. The lowest BCUT2D eigenvalue weighted by Crippen LogP contribution is -2.33. The molecule has 3 rings (SSSR count). The standard InChI is InChI=1S/C12H14N4O3.ClH/c1-17-10-3-2-8(6-14-10)11-15-12(19-16-11)9-7-13-4-5-18-9;/h2-3,6,9,13H,4-5,7H2,1H3;1H. The van der Waals surface area contributed by atoms with Crippen molar-refractivity contribution in [1.29, 1.82) is 0 Å². The summed E-state index contributed by atoms with van der Waals surface area (Å²) >= 11 is 0. The Balaban J connectivity index is 0.00000147. The molecule has 1 aliphatic rings. The normalized spacial score (nSPS) is 18.4. The second-order valence-corrected chi connectivity index (χ2v) is 4.11. The average molecular weight is 299 g/mol. The van der Waals surface area contributed by atoms with E-state index in [9.17, 15) is 0 Å². The molecule has 8 heteroatoms. The fraction of sp³-hybridized carbons (Fsp3) is 0.417. The SMILES string of the molecule is COc1ccc(-c2noc(C3CNCCO3)n2)cn1.Cl. The van der Waals surface area contributed by atoms with Gasteiger partial charge in [-0.3, -0.25) is 0 Å². The minimum Gasteiger partial charge on any atom is -0.481 e. The Kier molecular flexibility index (Phi) is 4.89. The molecule has 2 aromatic rings. The summed E-state index contributed by atoms with van der Waals surface area (Å²) in [6.07, 6.45) is 1.47. The van der Waals surface area contributed by atoms with Crippen LogP contribution in [0.5, 0.6) is 5.88 Å². The molecule has 20 heavy (non-hydrogen) atoms. The van der Waals surface area contributed by atoms with Gasteiger partial charge >= 0.3 is 0 Å². The monoisotopic (exact) mass is 298 g/mol. The number of halogens is 1. The Labute approximate surface area is 122 Å². The Morgan fingerprint density at radius 1 is 1.40 bits per heavy atom. The second-order valence-electron chi connectivity index (χ2n) is 4.11. The van der Waals surface area contributed by atoms with Crippen molar-refractivity contribution in [2.75, 3.05) is 26.8 Å². The van der Waals surface area contributed by atoms with Gasteiger partial charge in [-0.25, -0.2) is 4.98 Å². The van der Waals surface area contributed by atoms with Crippen molar-refractivity contribution in [2.45, 2.75) is 6.10 Å². The third-order valence-electron chi connectivity index (χ3n) is 2.85. The molecule has 0 amide bonds. The Morgan fingerprint density at radius 3 is 2.95 bits per heavy atom. The summed E-state index contributed by atoms with van der Waals surface area (Å²) in [6.45, 7) is 2.18. The van der Waals surface area contributed by atoms with Crippen molar-refractivity contribution in [2.24, 2.45) is 0 Å². The maximum Gasteiger partial charge on any atom is 0.257 e. The quantitative estimate of drug-likeness (QED) is 0.912. The minimum atomic E-state index is -0.179. The third-order valence-corrected chi connectivity index (χ3v) is 2.85. The summed E-state index contributed by atoms with van der Waals surface area (Å²) in [7, 11) is 1.57. The smallest absolute Gasteiger partial charge is 0.257 e. The summed E-state index contributed by atoms with van der Waals surface area (Å²) < 4.78 is 15.8. The molecule has 1 aliphatic heterocycles. The molecule has 1 unspecified atom stereocenters. The number of nitrogens with one attached hydrogen (secondary N) is 1. The molecule has 2 aromatic heterocycles. The molecule has 0 spiro atoms. The van der Waals surface area contributed by atoms with Gasteiger partial charge in [0.15, 0.2) is 0 Å². The van der Waals surface area contributed by atoms with Gasteiger partial charge in [0, 0.05) is 30.9 Å². The van der Waals surface area contributed by atoms with Crippen LogP contribution in [0.2, 0.25) is 0 Å². The molecule has 0 aromatic carbocycles. The van der Waals surface area contributed by atoms with E-state index < -0.39 is 0 Å². The number of aromatic nitrogens is 3. The molecule has 0 aliphatic carbocycles. The lowest BCUT2D eigenvalue weighted by molar-refractivity contribution is 0.00755. The van der Waals surface area contributed by atoms with E-state index in [1.165, 1.54) is 0 Å². The summed E-state index contributed by atoms with van der Waals surface area (Å²) in [4.78, 5) is 8.44. The first-order valence-corrected chi connectivity index (χ1v) is 6.03. The lowest BCUT2D eigenvalue weighted by atomic mass is 10.2. The van der Waals surface area contributed by atoms with E-state index in [1.807, 2.05) is 6.07 Å². The van der Waals surface area contributed by atoms with Gasteiger partial charge in [-0.05, 0) is 6.07 Å². The fourth-order valence-electron chi connectivity index (χ4n) is 1.84. The third kappa shape index (κ3) is 3.06. The largest absolute Gasteiger partial charge is 0.481 e. The first-order chi connectivity index (χ1) is 9.36. The van der Waals surface area contributed by atoms with Gasteiger partial charge in [0.1, 0.15) is 6.10 Å². The highest BCUT2D eigenvalue weighted by atomic mass is 35.5. The van der Waals surface area contributed by atoms with E-state index in [-0.39, 0.29) is 18.5 Å². The molecule has 108 valence electrons. The zero-order valence-corrected chi connectivity index (χ0v) is 11.7. The number of nitrogens with zero attached hydrogens (tertiary/aromatic N) is 3. The summed E-state index contributed by atoms with van der Waals surface area (Å²) in [5.74, 6) is 1.53. The number of morpholine rings is 1. The van der Waals surface area contributed by atoms with Gasteiger partial charge in [-0.1, -0.05) is 5.16 Å². The number of hydrogen-bond acceptors (Lipinski definition) is 7. The highest BCUT2D eigenvalue weighted by Crippen LogP contribution is 2.21. The van der Waals surface area contributed by atoms with E-state index in [2.05, 4.69) is 20.4 Å². The number of ether oxygens (including phenoxy) is 2. The van der Waals surface area contributed by atoms with Gasteiger partial charge in [-0.15, -0.1) is 12.4 Å². The van der Waals surface area contributed by atoms with E-state index in [1.54, 1.807) is 19.4 Å². The molecule has 1 saturated heterocycles. The number of pyridine rings is 1. The molecule has 1 fully saturated rings. The molecule has 3 heterocycles. The number of rotatable bonds is 3. The minimum absolute atomic E-state index is 0. The van der Waals surface area contributed by atoms with Crippen LogP contribution >= 0.6 is 12.4 Å². The van der Waals surface area contributed by atoms with E-state index in [4.69, 9.17) is 14.0 Å². The second kappa shape index (κ2) is 6.65. The molecular formula is C12H15ClN4O3. The lowest BCUT2D eigenvalue weighted by Gasteiger charge is -2.19. The molecule has 0 radical (unpaired) electrons. The maximum absolute atomic E-state index is 5.56. The van der Waals surface area contributed by atoms with Crippen LogP contribution in [0.25, 0.3) is 11.4 Å². The summed E-state index contributed by atoms with van der Waals surface area (Å²) in [5, 5.41) is 7.16. The Hall–Kier alpha value is -1.70. The van der Waals surface area contributed by atoms with Crippen LogP contribution in [0.3, 0.4) is 0 Å². The van der Waals surface area contributed by atoms with E-state index >= 15 is 0 Å². The van der Waals surface area contributed by atoms with E-state index in [0.717, 1.165) is 12.1 Å². The van der Waals surface area contributed by atoms with Crippen molar-refractivity contribution in [3.05, 3.63) is 24.2 Å². The molecule has 1 N–H and O–H groups in total. The zero-order chi connectivity index (χ0) is 13.1. The average Bonchev–Trinajstić information content (AvgIpc) is 2.98. The highest BCUT2D eigenvalue weighted by molar-refractivity contribution is 5.85. The molecule has 1 atom stereocenters. The van der Waals surface area contributed by atoms with Crippen LogP contribution in [0.4, 0.5) is 0 Å². The van der Waals surface area contributed by atoms with Gasteiger partial charge in [0.2, 0.25) is 11.7 Å². The van der Waals surface area contributed by atoms with Crippen molar-refractivity contribution < 1.29 is 14.0 Å². The molecule has 0 saturated carbocycles. The highest BCUT2D eigenvalue weighted by Gasteiger charge is 2.22. The van der Waals surface area contributed by atoms with Crippen LogP contribution in [0, 0.1) is 0 Å². The van der Waals surface area contributed by atoms with Crippen molar-refractivity contribution >= 4 is 12.4 Å². The fourth-order valence-corrected chi connectivity index (χ4v) is 1.84. The van der Waals surface area contributed by atoms with Crippen LogP contribution in [0.1, 0.15) is 12.0 Å². The van der Waals surface area contributed by atoms with Gasteiger partial charge in [0.25, 0.3) is 5.89 Å².